The maximum atomic E-state index is 12.8. The number of para-hydroxylation sites is 1. The number of hydrogen-bond donors (Lipinski definition) is 1. The predicted octanol–water partition coefficient (Wildman–Crippen LogP) is 5.08. The topological polar surface area (TPSA) is 69.7 Å². The lowest BCUT2D eigenvalue weighted by atomic mass is 10.0. The van der Waals surface area contributed by atoms with Crippen LogP contribution in [0, 0.1) is 12.8 Å². The summed E-state index contributed by atoms with van der Waals surface area (Å²) in [5.41, 5.74) is 2.80. The second-order valence-electron chi connectivity index (χ2n) is 8.24. The Labute approximate surface area is 197 Å². The Morgan fingerprint density at radius 1 is 1.21 bits per heavy atom. The SMILES string of the molecule is Cc1nc(COc2ccccc2/C=C/C(=O)NC(c2ccc3c(c2)OCCO3)C2CC2)cs1. The molecule has 0 spiro atoms. The predicted molar refractivity (Wildman–Crippen MR) is 128 cm³/mol. The molecule has 170 valence electrons. The van der Waals surface area contributed by atoms with E-state index in [4.69, 9.17) is 14.2 Å². The van der Waals surface area contributed by atoms with Crippen molar-refractivity contribution in [3.05, 3.63) is 75.7 Å². The minimum atomic E-state index is -0.133. The van der Waals surface area contributed by atoms with Gasteiger partial charge < -0.3 is 19.5 Å². The van der Waals surface area contributed by atoms with Crippen LogP contribution in [-0.2, 0) is 11.4 Å². The number of fused-ring (bicyclic) bond motifs is 1. The number of carbonyl (C=O) groups excluding carboxylic acids is 1. The molecule has 1 saturated carbocycles. The zero-order valence-electron chi connectivity index (χ0n) is 18.5. The first-order valence-corrected chi connectivity index (χ1v) is 12.0. The summed E-state index contributed by atoms with van der Waals surface area (Å²) < 4.78 is 17.3. The molecule has 0 bridgehead atoms. The molecule has 1 aliphatic heterocycles. The largest absolute Gasteiger partial charge is 0.487 e. The Bertz CT molecular complexity index is 1170. The average molecular weight is 463 g/mol. The second-order valence-corrected chi connectivity index (χ2v) is 9.31. The number of aromatic nitrogens is 1. The van der Waals surface area contributed by atoms with Crippen LogP contribution in [0.2, 0.25) is 0 Å². The van der Waals surface area contributed by atoms with E-state index < -0.39 is 0 Å². The summed E-state index contributed by atoms with van der Waals surface area (Å²) in [4.78, 5) is 17.2. The number of amides is 1. The van der Waals surface area contributed by atoms with Crippen LogP contribution in [0.15, 0.2) is 53.9 Å². The molecule has 1 aromatic heterocycles. The summed E-state index contributed by atoms with van der Waals surface area (Å²) in [7, 11) is 0. The molecule has 3 aromatic rings. The molecule has 1 fully saturated rings. The van der Waals surface area contributed by atoms with Gasteiger partial charge in [0.25, 0.3) is 0 Å². The van der Waals surface area contributed by atoms with Crippen molar-refractivity contribution in [3.8, 4) is 17.2 Å². The second kappa shape index (κ2) is 9.67. The van der Waals surface area contributed by atoms with Gasteiger partial charge in [-0.05, 0) is 55.5 Å². The number of aryl methyl sites for hydroxylation is 1. The molecule has 1 atom stereocenters. The molecule has 2 heterocycles. The van der Waals surface area contributed by atoms with Gasteiger partial charge in [-0.15, -0.1) is 11.3 Å². The van der Waals surface area contributed by atoms with Crippen molar-refractivity contribution in [1.82, 2.24) is 10.3 Å². The number of nitrogens with zero attached hydrogens (tertiary/aromatic N) is 1. The van der Waals surface area contributed by atoms with Crippen LogP contribution >= 0.6 is 11.3 Å². The van der Waals surface area contributed by atoms with E-state index in [0.29, 0.717) is 25.7 Å². The molecule has 0 saturated heterocycles. The number of thiazole rings is 1. The fourth-order valence-electron chi connectivity index (χ4n) is 3.90. The first kappa shape index (κ1) is 21.5. The van der Waals surface area contributed by atoms with Crippen molar-refractivity contribution in [1.29, 1.82) is 0 Å². The highest BCUT2D eigenvalue weighted by atomic mass is 32.1. The highest BCUT2D eigenvalue weighted by Gasteiger charge is 2.33. The molecule has 1 aliphatic carbocycles. The fourth-order valence-corrected chi connectivity index (χ4v) is 4.50. The maximum Gasteiger partial charge on any atom is 0.244 e. The van der Waals surface area contributed by atoms with E-state index in [1.54, 1.807) is 23.5 Å². The van der Waals surface area contributed by atoms with Gasteiger partial charge in [0.2, 0.25) is 5.91 Å². The van der Waals surface area contributed by atoms with Crippen LogP contribution < -0.4 is 19.5 Å². The van der Waals surface area contributed by atoms with E-state index in [2.05, 4.69) is 10.3 Å². The first-order chi connectivity index (χ1) is 16.2. The molecule has 1 N–H and O–H groups in total. The number of rotatable bonds is 8. The van der Waals surface area contributed by atoms with Gasteiger partial charge in [0.15, 0.2) is 11.5 Å². The van der Waals surface area contributed by atoms with Crippen molar-refractivity contribution in [2.24, 2.45) is 5.92 Å². The van der Waals surface area contributed by atoms with E-state index in [9.17, 15) is 4.79 Å². The molecule has 1 unspecified atom stereocenters. The Hall–Kier alpha value is -3.32. The van der Waals surface area contributed by atoms with Crippen LogP contribution in [0.25, 0.3) is 6.08 Å². The monoisotopic (exact) mass is 462 g/mol. The van der Waals surface area contributed by atoms with Gasteiger partial charge in [-0.3, -0.25) is 4.79 Å². The Balaban J connectivity index is 1.26. The lowest BCUT2D eigenvalue weighted by Crippen LogP contribution is -2.28. The van der Waals surface area contributed by atoms with Crippen LogP contribution in [0.1, 0.15) is 40.7 Å². The van der Waals surface area contributed by atoms with Crippen molar-refractivity contribution in [2.45, 2.75) is 32.4 Å². The summed E-state index contributed by atoms with van der Waals surface area (Å²) in [5, 5.41) is 6.19. The molecular formula is C26H26N2O4S. The third-order valence-electron chi connectivity index (χ3n) is 5.69. The Kier molecular flexibility index (Phi) is 6.30. The molecule has 6 nitrogen and oxygen atoms in total. The fraction of sp³-hybridized carbons (Fsp3) is 0.308. The highest BCUT2D eigenvalue weighted by Crippen LogP contribution is 2.43. The van der Waals surface area contributed by atoms with Gasteiger partial charge in [-0.2, -0.15) is 0 Å². The van der Waals surface area contributed by atoms with Crippen LogP contribution in [0.3, 0.4) is 0 Å². The smallest absolute Gasteiger partial charge is 0.244 e. The van der Waals surface area contributed by atoms with Crippen LogP contribution in [-0.4, -0.2) is 24.1 Å². The van der Waals surface area contributed by atoms with Gasteiger partial charge in [-0.1, -0.05) is 24.3 Å². The van der Waals surface area contributed by atoms with Gasteiger partial charge in [0, 0.05) is 17.0 Å². The van der Waals surface area contributed by atoms with Gasteiger partial charge in [0.05, 0.1) is 16.7 Å². The minimum absolute atomic E-state index is 0.0441. The number of hydrogen-bond acceptors (Lipinski definition) is 6. The molecule has 5 rings (SSSR count). The molecular weight excluding hydrogens is 436 g/mol. The zero-order valence-corrected chi connectivity index (χ0v) is 19.3. The normalized spacial score (nSPS) is 15.9. The number of nitrogens with one attached hydrogen (secondary N) is 1. The summed E-state index contributed by atoms with van der Waals surface area (Å²) in [6.07, 6.45) is 5.58. The Morgan fingerprint density at radius 3 is 2.82 bits per heavy atom. The third kappa shape index (κ3) is 5.37. The van der Waals surface area contributed by atoms with Gasteiger partial charge >= 0.3 is 0 Å². The van der Waals surface area contributed by atoms with Gasteiger partial charge in [0.1, 0.15) is 25.6 Å². The lowest BCUT2D eigenvalue weighted by Gasteiger charge is -2.22. The summed E-state index contributed by atoms with van der Waals surface area (Å²) in [5.74, 6) is 2.54. The maximum absolute atomic E-state index is 12.8. The van der Waals surface area contributed by atoms with Crippen molar-refractivity contribution in [2.75, 3.05) is 13.2 Å². The molecule has 33 heavy (non-hydrogen) atoms. The molecule has 2 aliphatic rings. The van der Waals surface area contributed by atoms with Crippen molar-refractivity contribution in [3.63, 3.8) is 0 Å². The van der Waals surface area contributed by atoms with Crippen LogP contribution in [0.4, 0.5) is 0 Å². The van der Waals surface area contributed by atoms with E-state index in [0.717, 1.165) is 51.9 Å². The van der Waals surface area contributed by atoms with E-state index in [1.165, 1.54) is 0 Å². The minimum Gasteiger partial charge on any atom is -0.487 e. The number of ether oxygens (including phenoxy) is 3. The average Bonchev–Trinajstić information content (AvgIpc) is 3.60. The van der Waals surface area contributed by atoms with Gasteiger partial charge in [-0.25, -0.2) is 4.98 Å². The number of carbonyl (C=O) groups is 1. The lowest BCUT2D eigenvalue weighted by molar-refractivity contribution is -0.117. The molecule has 1 amide bonds. The molecule has 0 radical (unpaired) electrons. The zero-order chi connectivity index (χ0) is 22.6. The molecule has 7 heteroatoms. The highest BCUT2D eigenvalue weighted by molar-refractivity contribution is 7.09. The van der Waals surface area contributed by atoms with Crippen molar-refractivity contribution < 1.29 is 19.0 Å². The van der Waals surface area contributed by atoms with Crippen molar-refractivity contribution >= 4 is 23.3 Å². The molecule has 2 aromatic carbocycles. The number of benzene rings is 2. The third-order valence-corrected chi connectivity index (χ3v) is 6.51. The quantitative estimate of drug-likeness (QED) is 0.473. The summed E-state index contributed by atoms with van der Waals surface area (Å²) in [6, 6.07) is 13.6. The summed E-state index contributed by atoms with van der Waals surface area (Å²) in [6.45, 7) is 3.48. The van der Waals surface area contributed by atoms with E-state index in [1.807, 2.05) is 54.8 Å². The Morgan fingerprint density at radius 2 is 2.03 bits per heavy atom. The standard InChI is InChI=1S/C26H26N2O4S/c1-17-27-21(16-33-17)15-32-22-5-3-2-4-18(22)9-11-25(29)28-26(19-6-7-19)20-8-10-23-24(14-20)31-13-12-30-23/h2-5,8-11,14,16,19,26H,6-7,12-13,15H2,1H3,(H,28,29)/b11-9+. The van der Waals surface area contributed by atoms with E-state index >= 15 is 0 Å². The first-order valence-electron chi connectivity index (χ1n) is 11.2. The van der Waals surface area contributed by atoms with E-state index in [-0.39, 0.29) is 11.9 Å². The van der Waals surface area contributed by atoms with Crippen LogP contribution in [0.5, 0.6) is 17.2 Å². The summed E-state index contributed by atoms with van der Waals surface area (Å²) >= 11 is 1.60.